The highest BCUT2D eigenvalue weighted by molar-refractivity contribution is 8.76. The summed E-state index contributed by atoms with van der Waals surface area (Å²) in [5, 5.41) is 1.75. The van der Waals surface area contributed by atoms with Crippen LogP contribution in [0.3, 0.4) is 0 Å². The van der Waals surface area contributed by atoms with Crippen LogP contribution in [0.1, 0.15) is 17.2 Å². The first-order chi connectivity index (χ1) is 8.52. The minimum Gasteiger partial charge on any atom is -0.368 e. The lowest BCUT2D eigenvalue weighted by Gasteiger charge is -2.03. The number of aromatic nitrogens is 4. The van der Waals surface area contributed by atoms with E-state index < -0.39 is 0 Å². The lowest BCUT2D eigenvalue weighted by Crippen LogP contribution is -1.97. The van der Waals surface area contributed by atoms with Gasteiger partial charge in [0.1, 0.15) is 15.9 Å². The maximum absolute atomic E-state index is 5.61. The van der Waals surface area contributed by atoms with Gasteiger partial charge in [-0.05, 0) is 54.5 Å². The van der Waals surface area contributed by atoms with Crippen molar-refractivity contribution in [3.63, 3.8) is 0 Å². The van der Waals surface area contributed by atoms with Gasteiger partial charge in [-0.3, -0.25) is 0 Å². The molecule has 2 aromatic heterocycles. The lowest BCUT2D eigenvalue weighted by atomic mass is 10.4. The molecule has 94 valence electrons. The molecule has 0 atom stereocenters. The number of hydrogen-bond donors (Lipinski definition) is 1. The molecule has 2 aromatic rings. The van der Waals surface area contributed by atoms with E-state index in [9.17, 15) is 0 Å². The Bertz CT molecular complexity index is 481. The second kappa shape index (κ2) is 5.53. The van der Waals surface area contributed by atoms with Gasteiger partial charge in [0.05, 0.1) is 0 Å². The molecule has 18 heavy (non-hydrogen) atoms. The van der Waals surface area contributed by atoms with Crippen LogP contribution in [0.25, 0.3) is 0 Å². The van der Waals surface area contributed by atoms with Crippen molar-refractivity contribution < 1.29 is 0 Å². The van der Waals surface area contributed by atoms with Gasteiger partial charge in [-0.1, -0.05) is 0 Å². The SMILES string of the molecule is Cc1cc(SSc2cc(C)nc(N)n2)nc(C)n1. The Kier molecular flexibility index (Phi) is 4.03. The molecule has 2 N–H and O–H groups in total. The van der Waals surface area contributed by atoms with Gasteiger partial charge in [0, 0.05) is 11.4 Å². The van der Waals surface area contributed by atoms with Crippen molar-refractivity contribution in [3.8, 4) is 0 Å². The van der Waals surface area contributed by atoms with Crippen molar-refractivity contribution in [2.24, 2.45) is 0 Å². The summed E-state index contributed by atoms with van der Waals surface area (Å²) < 4.78 is 0. The number of hydrogen-bond acceptors (Lipinski definition) is 7. The fraction of sp³-hybridized carbons (Fsp3) is 0.273. The summed E-state index contributed by atoms with van der Waals surface area (Å²) in [6.45, 7) is 5.73. The van der Waals surface area contributed by atoms with Crippen LogP contribution in [0, 0.1) is 20.8 Å². The van der Waals surface area contributed by atoms with Gasteiger partial charge >= 0.3 is 0 Å². The summed E-state index contributed by atoms with van der Waals surface area (Å²) in [5.74, 6) is 1.07. The van der Waals surface area contributed by atoms with Gasteiger partial charge in [-0.15, -0.1) is 0 Å². The third kappa shape index (κ3) is 3.58. The van der Waals surface area contributed by atoms with Crippen molar-refractivity contribution in [1.29, 1.82) is 0 Å². The third-order valence-corrected chi connectivity index (χ3v) is 4.12. The van der Waals surface area contributed by atoms with Crippen molar-refractivity contribution >= 4 is 27.5 Å². The molecule has 5 nitrogen and oxygen atoms in total. The largest absolute Gasteiger partial charge is 0.368 e. The van der Waals surface area contributed by atoms with E-state index in [-0.39, 0.29) is 0 Å². The number of nitrogen functional groups attached to an aromatic ring is 1. The van der Waals surface area contributed by atoms with Crippen LogP contribution < -0.4 is 5.73 Å². The molecule has 0 amide bonds. The fourth-order valence-electron chi connectivity index (χ4n) is 1.42. The predicted octanol–water partition coefficient (Wildman–Crippen LogP) is 2.57. The Morgan fingerprint density at radius 2 is 1.39 bits per heavy atom. The average Bonchev–Trinajstić information content (AvgIpc) is 2.23. The molecular weight excluding hydrogens is 266 g/mol. The second-order valence-corrected chi connectivity index (χ2v) is 5.94. The van der Waals surface area contributed by atoms with Gasteiger partial charge in [-0.25, -0.2) is 19.9 Å². The molecule has 0 unspecified atom stereocenters. The van der Waals surface area contributed by atoms with Crippen molar-refractivity contribution in [2.45, 2.75) is 30.8 Å². The summed E-state index contributed by atoms with van der Waals surface area (Å²) >= 11 is 0. The van der Waals surface area contributed by atoms with Crippen LogP contribution in [0.2, 0.25) is 0 Å². The Hall–Kier alpha value is -1.34. The highest BCUT2D eigenvalue weighted by atomic mass is 33.1. The highest BCUT2D eigenvalue weighted by Crippen LogP contribution is 2.35. The second-order valence-electron chi connectivity index (χ2n) is 3.77. The van der Waals surface area contributed by atoms with Crippen molar-refractivity contribution in [2.75, 3.05) is 5.73 Å². The molecule has 0 aromatic carbocycles. The summed E-state index contributed by atoms with van der Waals surface area (Å²) in [4.78, 5) is 16.8. The fourth-order valence-corrected chi connectivity index (χ4v) is 3.35. The Balaban J connectivity index is 2.11. The van der Waals surface area contributed by atoms with Crippen LogP contribution in [-0.4, -0.2) is 19.9 Å². The van der Waals surface area contributed by atoms with E-state index in [0.717, 1.165) is 27.3 Å². The summed E-state index contributed by atoms with van der Waals surface area (Å²) in [5.41, 5.74) is 7.43. The number of nitrogens with zero attached hydrogens (tertiary/aromatic N) is 4. The molecule has 0 bridgehead atoms. The predicted molar refractivity (Wildman–Crippen MR) is 74.4 cm³/mol. The van der Waals surface area contributed by atoms with Gasteiger partial charge in [0.25, 0.3) is 0 Å². The topological polar surface area (TPSA) is 77.6 Å². The Morgan fingerprint density at radius 3 is 1.94 bits per heavy atom. The molecule has 0 saturated heterocycles. The molecule has 0 saturated carbocycles. The van der Waals surface area contributed by atoms with Crippen LogP contribution in [0.15, 0.2) is 22.2 Å². The van der Waals surface area contributed by atoms with E-state index in [1.54, 1.807) is 0 Å². The molecule has 0 aliphatic heterocycles. The van der Waals surface area contributed by atoms with Gasteiger partial charge in [0.15, 0.2) is 0 Å². The quantitative estimate of drug-likeness (QED) is 0.683. The number of rotatable bonds is 3. The minimum atomic E-state index is 0.299. The summed E-state index contributed by atoms with van der Waals surface area (Å²) in [7, 11) is 3.05. The van der Waals surface area contributed by atoms with E-state index in [2.05, 4.69) is 19.9 Å². The number of nitrogens with two attached hydrogens (primary N) is 1. The van der Waals surface area contributed by atoms with Gasteiger partial charge in [0.2, 0.25) is 5.95 Å². The average molecular weight is 279 g/mol. The number of anilines is 1. The zero-order valence-corrected chi connectivity index (χ0v) is 12.0. The molecule has 2 rings (SSSR count). The smallest absolute Gasteiger partial charge is 0.221 e. The minimum absolute atomic E-state index is 0.299. The van der Waals surface area contributed by atoms with E-state index in [0.29, 0.717) is 5.95 Å². The van der Waals surface area contributed by atoms with Crippen molar-refractivity contribution in [3.05, 3.63) is 29.3 Å². The van der Waals surface area contributed by atoms with Crippen LogP contribution >= 0.6 is 21.6 Å². The molecular formula is C11H13N5S2. The molecule has 0 aliphatic rings. The molecule has 0 radical (unpaired) electrons. The highest BCUT2D eigenvalue weighted by Gasteiger charge is 2.04. The van der Waals surface area contributed by atoms with Gasteiger partial charge < -0.3 is 5.73 Å². The first kappa shape index (κ1) is 13.1. The van der Waals surface area contributed by atoms with Crippen LogP contribution in [0.5, 0.6) is 0 Å². The third-order valence-electron chi connectivity index (χ3n) is 2.00. The molecule has 0 aliphatic carbocycles. The Labute approximate surface area is 113 Å². The molecule has 0 fully saturated rings. The van der Waals surface area contributed by atoms with E-state index in [4.69, 9.17) is 5.73 Å². The summed E-state index contributed by atoms with van der Waals surface area (Å²) in [6.07, 6.45) is 0. The maximum atomic E-state index is 5.61. The zero-order chi connectivity index (χ0) is 13.1. The first-order valence-corrected chi connectivity index (χ1v) is 7.46. The maximum Gasteiger partial charge on any atom is 0.221 e. The van der Waals surface area contributed by atoms with E-state index >= 15 is 0 Å². The lowest BCUT2D eigenvalue weighted by molar-refractivity contribution is 0.939. The van der Waals surface area contributed by atoms with Crippen molar-refractivity contribution in [1.82, 2.24) is 19.9 Å². The standard InChI is InChI=1S/C11H13N5S2/c1-6-4-9(15-8(3)13-6)17-18-10-5-7(2)14-11(12)16-10/h4-5H,1-3H3,(H2,12,14,16). The Morgan fingerprint density at radius 1 is 0.833 bits per heavy atom. The van der Waals surface area contributed by atoms with E-state index in [1.165, 1.54) is 21.6 Å². The number of aryl methyl sites for hydroxylation is 3. The monoisotopic (exact) mass is 279 g/mol. The zero-order valence-electron chi connectivity index (χ0n) is 10.3. The normalized spacial score (nSPS) is 10.6. The van der Waals surface area contributed by atoms with Crippen LogP contribution in [0.4, 0.5) is 5.95 Å². The molecule has 0 spiro atoms. The van der Waals surface area contributed by atoms with Crippen LogP contribution in [-0.2, 0) is 0 Å². The van der Waals surface area contributed by atoms with E-state index in [1.807, 2.05) is 32.9 Å². The van der Waals surface area contributed by atoms with Gasteiger partial charge in [-0.2, -0.15) is 0 Å². The molecule has 7 heteroatoms. The molecule has 2 heterocycles. The summed E-state index contributed by atoms with van der Waals surface area (Å²) in [6, 6.07) is 3.84. The first-order valence-electron chi connectivity index (χ1n) is 5.31.